The van der Waals surface area contributed by atoms with Gasteiger partial charge in [0.05, 0.1) is 49.6 Å². The zero-order chi connectivity index (χ0) is 50.8. The van der Waals surface area contributed by atoms with Crippen LogP contribution in [0.3, 0.4) is 0 Å². The van der Waals surface area contributed by atoms with E-state index in [0.717, 1.165) is 125 Å². The SMILES string of the molecule is COc1cc(Nc2nccc(Nc3cnc4c(OC)cccc4c3)n2)ccc1OC1CC(N(C)C)C1.O=S1CCN(C2CCC(Oc3ccc(Nc4nccc(Nc5cnc6ccccc6c5)n4)cc3)CC2)CC1. The first-order valence-electron chi connectivity index (χ1n) is 25.1. The minimum Gasteiger partial charge on any atom is -0.494 e. The molecule has 74 heavy (non-hydrogen) atoms. The molecule has 2 aliphatic carbocycles. The van der Waals surface area contributed by atoms with Gasteiger partial charge in [0.1, 0.15) is 34.8 Å². The topological polar surface area (TPSA) is 186 Å². The second kappa shape index (κ2) is 23.5. The Hall–Kier alpha value is -7.67. The lowest BCUT2D eigenvalue weighted by molar-refractivity contribution is 0.0383. The fourth-order valence-corrected chi connectivity index (χ4v) is 10.5. The molecule has 4 aromatic heterocycles. The third-order valence-electron chi connectivity index (χ3n) is 13.6. The number of pyridine rings is 2. The molecule has 2 saturated carbocycles. The largest absolute Gasteiger partial charge is 0.494 e. The van der Waals surface area contributed by atoms with Crippen LogP contribution in [0.25, 0.3) is 21.8 Å². The lowest BCUT2D eigenvalue weighted by Gasteiger charge is -2.39. The van der Waals surface area contributed by atoms with Gasteiger partial charge in [0.25, 0.3) is 0 Å². The van der Waals surface area contributed by atoms with Gasteiger partial charge in [-0.2, -0.15) is 9.97 Å². The summed E-state index contributed by atoms with van der Waals surface area (Å²) in [6.07, 6.45) is 13.9. The van der Waals surface area contributed by atoms with Gasteiger partial charge in [0, 0.05) is 88.1 Å². The summed E-state index contributed by atoms with van der Waals surface area (Å²) in [4.78, 5) is 31.7. The molecule has 0 atom stereocenters. The average molecular weight is 1020 g/mol. The standard InChI is InChI=1S/C29H32N6O2S.C27H30N6O3/c36-38-17-15-35(16-18-38)24-7-11-26(12-8-24)37-25-9-5-22(6-10-25)33-29-30-14-13-28(34-29)32-23-19-21-3-1-2-4-27(21)31-20-23;1-33(2)20-14-21(15-20)36-22-9-8-18(13-24(22)35-4)31-27-28-11-10-25(32-27)30-19-12-17-6-5-7-23(34-3)26(17)29-16-19/h1-6,9-10,13-14,19-20,24,26H,7-8,11-12,15-18H2,(H2,30,32,33,34);5-13,16,20-21H,14-15H2,1-4H3,(H2,28,30,31,32). The smallest absolute Gasteiger partial charge is 0.229 e. The van der Waals surface area contributed by atoms with E-state index < -0.39 is 10.8 Å². The third kappa shape index (κ3) is 12.7. The lowest BCUT2D eigenvalue weighted by atomic mass is 9.88. The van der Waals surface area contributed by atoms with Crippen LogP contribution in [0.2, 0.25) is 0 Å². The Morgan fingerprint density at radius 2 is 1.22 bits per heavy atom. The quantitative estimate of drug-likeness (QED) is 0.0716. The fourth-order valence-electron chi connectivity index (χ4n) is 9.47. The van der Waals surface area contributed by atoms with Crippen LogP contribution < -0.4 is 40.2 Å². The van der Waals surface area contributed by atoms with Crippen molar-refractivity contribution in [1.82, 2.24) is 39.7 Å². The number of fused-ring (bicyclic) bond motifs is 2. The molecule has 0 bridgehead atoms. The van der Waals surface area contributed by atoms with Gasteiger partial charge in [-0.05, 0) is 125 Å². The Kier molecular flexibility index (Phi) is 15.8. The molecule has 5 heterocycles. The molecular formula is C56H62N12O5S. The molecule has 0 spiro atoms. The molecule has 1 aliphatic heterocycles. The van der Waals surface area contributed by atoms with Crippen molar-refractivity contribution in [3.05, 3.63) is 134 Å². The number of ether oxygens (including phenoxy) is 4. The number of nitrogens with zero attached hydrogens (tertiary/aromatic N) is 8. The fraction of sp³-hybridized carbons (Fsp3) is 0.321. The molecule has 18 heteroatoms. The summed E-state index contributed by atoms with van der Waals surface area (Å²) >= 11 is 0. The molecule has 17 nitrogen and oxygen atoms in total. The van der Waals surface area contributed by atoms with Crippen LogP contribution in [0.1, 0.15) is 38.5 Å². The minimum atomic E-state index is -0.613. The van der Waals surface area contributed by atoms with Crippen LogP contribution in [-0.4, -0.2) is 121 Å². The number of benzene rings is 4. The van der Waals surface area contributed by atoms with Gasteiger partial charge in [-0.1, -0.05) is 30.3 Å². The zero-order valence-electron chi connectivity index (χ0n) is 42.1. The van der Waals surface area contributed by atoms with Gasteiger partial charge in [-0.3, -0.25) is 19.1 Å². The Labute approximate surface area is 434 Å². The molecule has 8 aromatic rings. The number of anilines is 8. The Bertz CT molecular complexity index is 3180. The highest BCUT2D eigenvalue weighted by Crippen LogP contribution is 2.36. The van der Waals surface area contributed by atoms with Crippen LogP contribution in [0.4, 0.5) is 46.3 Å². The summed E-state index contributed by atoms with van der Waals surface area (Å²) < 4.78 is 35.0. The van der Waals surface area contributed by atoms with Crippen LogP contribution in [0.15, 0.2) is 134 Å². The van der Waals surface area contributed by atoms with Crippen molar-refractivity contribution in [2.75, 3.05) is 74.2 Å². The predicted octanol–water partition coefficient (Wildman–Crippen LogP) is 10.3. The molecule has 382 valence electrons. The van der Waals surface area contributed by atoms with E-state index in [-0.39, 0.29) is 12.2 Å². The van der Waals surface area contributed by atoms with E-state index in [4.69, 9.17) is 18.9 Å². The summed E-state index contributed by atoms with van der Waals surface area (Å²) in [6.45, 7) is 1.95. The number of rotatable bonds is 16. The first kappa shape index (κ1) is 49.9. The number of hydrogen-bond acceptors (Lipinski definition) is 17. The molecule has 3 fully saturated rings. The van der Waals surface area contributed by atoms with E-state index in [9.17, 15) is 4.21 Å². The second-order valence-electron chi connectivity index (χ2n) is 18.9. The maximum atomic E-state index is 11.6. The monoisotopic (exact) mass is 1010 g/mol. The number of para-hydroxylation sites is 2. The molecule has 4 aromatic carbocycles. The van der Waals surface area contributed by atoms with E-state index in [1.54, 1.807) is 45.1 Å². The van der Waals surface area contributed by atoms with Gasteiger partial charge in [0.15, 0.2) is 11.5 Å². The summed E-state index contributed by atoms with van der Waals surface area (Å²) in [5.74, 6) is 6.97. The average Bonchev–Trinajstić information content (AvgIpc) is 3.41. The van der Waals surface area contributed by atoms with Crippen molar-refractivity contribution in [3.8, 4) is 23.0 Å². The second-order valence-corrected chi connectivity index (χ2v) is 20.6. The third-order valence-corrected chi connectivity index (χ3v) is 14.9. The van der Waals surface area contributed by atoms with E-state index in [2.05, 4.69) is 81.1 Å². The van der Waals surface area contributed by atoms with Gasteiger partial charge in [0.2, 0.25) is 11.9 Å². The van der Waals surface area contributed by atoms with Crippen molar-refractivity contribution in [2.24, 2.45) is 0 Å². The van der Waals surface area contributed by atoms with Crippen molar-refractivity contribution < 1.29 is 23.2 Å². The molecule has 1 saturated heterocycles. The van der Waals surface area contributed by atoms with Gasteiger partial charge < -0.3 is 45.1 Å². The van der Waals surface area contributed by atoms with Crippen LogP contribution >= 0.6 is 0 Å². The van der Waals surface area contributed by atoms with Crippen molar-refractivity contribution in [2.45, 2.75) is 62.8 Å². The first-order valence-corrected chi connectivity index (χ1v) is 26.6. The molecule has 4 N–H and O–H groups in total. The number of methoxy groups -OCH3 is 2. The molecular weight excluding hydrogens is 953 g/mol. The van der Waals surface area contributed by atoms with Crippen molar-refractivity contribution in [1.29, 1.82) is 0 Å². The summed E-state index contributed by atoms with van der Waals surface area (Å²) in [5.41, 5.74) is 5.16. The molecule has 0 unspecified atom stereocenters. The maximum Gasteiger partial charge on any atom is 0.229 e. The number of aromatic nitrogens is 6. The highest BCUT2D eigenvalue weighted by atomic mass is 32.2. The Morgan fingerprint density at radius 3 is 1.91 bits per heavy atom. The molecule has 0 radical (unpaired) electrons. The summed E-state index contributed by atoms with van der Waals surface area (Å²) in [5, 5.41) is 15.2. The number of nitrogens with one attached hydrogen (secondary N) is 4. The van der Waals surface area contributed by atoms with Crippen molar-refractivity contribution in [3.63, 3.8) is 0 Å². The lowest BCUT2D eigenvalue weighted by Crippen LogP contribution is -2.46. The van der Waals surface area contributed by atoms with Crippen LogP contribution in [0.5, 0.6) is 23.0 Å². The van der Waals surface area contributed by atoms with Gasteiger partial charge in [-0.15, -0.1) is 0 Å². The molecule has 11 rings (SSSR count). The predicted molar refractivity (Wildman–Crippen MR) is 294 cm³/mol. The molecule has 0 amide bonds. The normalized spacial score (nSPS) is 18.9. The summed E-state index contributed by atoms with van der Waals surface area (Å²) in [6, 6.07) is 36.5. The van der Waals surface area contributed by atoms with E-state index in [0.29, 0.717) is 41.4 Å². The minimum absolute atomic E-state index is 0.210. The molecule has 3 aliphatic rings. The highest BCUT2D eigenvalue weighted by molar-refractivity contribution is 7.85. The Morgan fingerprint density at radius 1 is 0.581 bits per heavy atom. The number of hydrogen-bond donors (Lipinski definition) is 4. The first-order chi connectivity index (χ1) is 36.2. The van der Waals surface area contributed by atoms with Gasteiger partial charge in [-0.25, -0.2) is 9.97 Å². The summed E-state index contributed by atoms with van der Waals surface area (Å²) in [7, 11) is 6.87. The Balaban J connectivity index is 0.000000170. The zero-order valence-corrected chi connectivity index (χ0v) is 42.9. The van der Waals surface area contributed by atoms with E-state index in [1.165, 1.54) is 0 Å². The van der Waals surface area contributed by atoms with Crippen LogP contribution in [0, 0.1) is 0 Å². The van der Waals surface area contributed by atoms with E-state index >= 15 is 0 Å². The maximum absolute atomic E-state index is 11.6. The van der Waals surface area contributed by atoms with Crippen molar-refractivity contribution >= 4 is 78.9 Å². The highest BCUT2D eigenvalue weighted by Gasteiger charge is 2.33. The van der Waals surface area contributed by atoms with E-state index in [1.807, 2.05) is 97.1 Å². The van der Waals surface area contributed by atoms with Gasteiger partial charge >= 0.3 is 0 Å². The van der Waals surface area contributed by atoms with Crippen LogP contribution in [-0.2, 0) is 10.8 Å².